The standard InChI is InChI=1S/C10H13ClN2O/c1-3-7(2)13-10(14)8-5-4-6-12-9(8)11/h4-7H,3H2,1-2H3,(H,13,14)/t7-/m1/s1. The molecule has 0 aliphatic carbocycles. The molecule has 1 atom stereocenters. The number of amides is 1. The molecule has 0 saturated carbocycles. The molecule has 0 unspecified atom stereocenters. The Morgan fingerprint density at radius 3 is 3.00 bits per heavy atom. The molecule has 0 spiro atoms. The quantitative estimate of drug-likeness (QED) is 0.781. The van der Waals surface area contributed by atoms with Gasteiger partial charge in [0.2, 0.25) is 0 Å². The van der Waals surface area contributed by atoms with E-state index in [1.165, 1.54) is 0 Å². The fraction of sp³-hybridized carbons (Fsp3) is 0.400. The maximum atomic E-state index is 11.6. The molecule has 1 aromatic rings. The molecule has 14 heavy (non-hydrogen) atoms. The van der Waals surface area contributed by atoms with Crippen LogP contribution < -0.4 is 5.32 Å². The van der Waals surface area contributed by atoms with Crippen LogP contribution in [0.2, 0.25) is 5.15 Å². The number of pyridine rings is 1. The van der Waals surface area contributed by atoms with Crippen LogP contribution >= 0.6 is 11.6 Å². The first-order valence-electron chi connectivity index (χ1n) is 4.56. The molecule has 0 bridgehead atoms. The molecule has 1 aromatic heterocycles. The van der Waals surface area contributed by atoms with E-state index in [2.05, 4.69) is 10.3 Å². The van der Waals surface area contributed by atoms with Crippen LogP contribution in [0.1, 0.15) is 30.6 Å². The van der Waals surface area contributed by atoms with Gasteiger partial charge in [-0.25, -0.2) is 4.98 Å². The lowest BCUT2D eigenvalue weighted by Crippen LogP contribution is -2.32. The van der Waals surface area contributed by atoms with Crippen molar-refractivity contribution in [1.29, 1.82) is 0 Å². The molecule has 76 valence electrons. The van der Waals surface area contributed by atoms with Crippen molar-refractivity contribution >= 4 is 17.5 Å². The van der Waals surface area contributed by atoms with E-state index in [1.807, 2.05) is 13.8 Å². The summed E-state index contributed by atoms with van der Waals surface area (Å²) in [6.45, 7) is 3.96. The van der Waals surface area contributed by atoms with E-state index in [1.54, 1.807) is 18.3 Å². The zero-order chi connectivity index (χ0) is 10.6. The summed E-state index contributed by atoms with van der Waals surface area (Å²) in [6.07, 6.45) is 2.45. The SMILES string of the molecule is CC[C@@H](C)NC(=O)c1cccnc1Cl. The van der Waals surface area contributed by atoms with Gasteiger partial charge in [-0.3, -0.25) is 4.79 Å². The second-order valence-corrected chi connectivity index (χ2v) is 3.48. The number of carbonyl (C=O) groups is 1. The molecule has 0 aliphatic rings. The van der Waals surface area contributed by atoms with E-state index < -0.39 is 0 Å². The lowest BCUT2D eigenvalue weighted by Gasteiger charge is -2.11. The maximum absolute atomic E-state index is 11.6. The van der Waals surface area contributed by atoms with Crippen molar-refractivity contribution in [2.75, 3.05) is 0 Å². The van der Waals surface area contributed by atoms with Gasteiger partial charge in [0.1, 0.15) is 5.15 Å². The van der Waals surface area contributed by atoms with Gasteiger partial charge in [0, 0.05) is 12.2 Å². The average molecular weight is 213 g/mol. The maximum Gasteiger partial charge on any atom is 0.254 e. The molecular weight excluding hydrogens is 200 g/mol. The van der Waals surface area contributed by atoms with Gasteiger partial charge in [-0.1, -0.05) is 18.5 Å². The smallest absolute Gasteiger partial charge is 0.254 e. The van der Waals surface area contributed by atoms with Crippen molar-refractivity contribution in [3.63, 3.8) is 0 Å². The Balaban J connectivity index is 2.75. The number of halogens is 1. The molecule has 0 radical (unpaired) electrons. The van der Waals surface area contributed by atoms with Gasteiger partial charge in [0.15, 0.2) is 0 Å². The van der Waals surface area contributed by atoms with Crippen LogP contribution in [-0.2, 0) is 0 Å². The van der Waals surface area contributed by atoms with Gasteiger partial charge < -0.3 is 5.32 Å². The van der Waals surface area contributed by atoms with Gasteiger partial charge in [-0.05, 0) is 25.5 Å². The topological polar surface area (TPSA) is 42.0 Å². The predicted molar refractivity (Wildman–Crippen MR) is 56.5 cm³/mol. The Morgan fingerprint density at radius 1 is 1.71 bits per heavy atom. The van der Waals surface area contributed by atoms with E-state index in [4.69, 9.17) is 11.6 Å². The third kappa shape index (κ3) is 2.70. The summed E-state index contributed by atoms with van der Waals surface area (Å²) in [4.78, 5) is 15.4. The lowest BCUT2D eigenvalue weighted by atomic mass is 10.2. The van der Waals surface area contributed by atoms with Crippen molar-refractivity contribution in [3.05, 3.63) is 29.0 Å². The number of carbonyl (C=O) groups excluding carboxylic acids is 1. The Kier molecular flexibility index (Phi) is 3.89. The summed E-state index contributed by atoms with van der Waals surface area (Å²) in [5, 5.41) is 3.07. The van der Waals surface area contributed by atoms with Crippen LogP contribution in [-0.4, -0.2) is 16.9 Å². The summed E-state index contributed by atoms with van der Waals surface area (Å²) in [5.41, 5.74) is 0.425. The largest absolute Gasteiger partial charge is 0.350 e. The van der Waals surface area contributed by atoms with Gasteiger partial charge in [-0.15, -0.1) is 0 Å². The van der Waals surface area contributed by atoms with Gasteiger partial charge in [-0.2, -0.15) is 0 Å². The van der Waals surface area contributed by atoms with Crippen molar-refractivity contribution in [1.82, 2.24) is 10.3 Å². The van der Waals surface area contributed by atoms with Crippen LogP contribution in [0.3, 0.4) is 0 Å². The summed E-state index contributed by atoms with van der Waals surface area (Å²) in [6, 6.07) is 3.50. The number of hydrogen-bond donors (Lipinski definition) is 1. The Labute approximate surface area is 88.5 Å². The predicted octanol–water partition coefficient (Wildman–Crippen LogP) is 2.26. The molecule has 1 heterocycles. The van der Waals surface area contributed by atoms with Gasteiger partial charge in [0.05, 0.1) is 5.56 Å². The summed E-state index contributed by atoms with van der Waals surface area (Å²) in [5.74, 6) is -0.169. The van der Waals surface area contributed by atoms with E-state index in [-0.39, 0.29) is 17.1 Å². The van der Waals surface area contributed by atoms with Crippen LogP contribution in [0.4, 0.5) is 0 Å². The van der Waals surface area contributed by atoms with Gasteiger partial charge >= 0.3 is 0 Å². The molecule has 1 amide bonds. The zero-order valence-corrected chi connectivity index (χ0v) is 9.01. The third-order valence-corrected chi connectivity index (χ3v) is 2.29. The Morgan fingerprint density at radius 2 is 2.43 bits per heavy atom. The number of aromatic nitrogens is 1. The third-order valence-electron chi connectivity index (χ3n) is 1.99. The van der Waals surface area contributed by atoms with Crippen molar-refractivity contribution in [2.45, 2.75) is 26.3 Å². The number of nitrogens with one attached hydrogen (secondary N) is 1. The van der Waals surface area contributed by atoms with E-state index in [0.29, 0.717) is 5.56 Å². The average Bonchev–Trinajstić information content (AvgIpc) is 2.18. The Bertz CT molecular complexity index is 328. The molecular formula is C10H13ClN2O. The zero-order valence-electron chi connectivity index (χ0n) is 8.25. The molecule has 0 aliphatic heterocycles. The molecule has 0 saturated heterocycles. The second-order valence-electron chi connectivity index (χ2n) is 3.12. The minimum Gasteiger partial charge on any atom is -0.350 e. The van der Waals surface area contributed by atoms with Crippen molar-refractivity contribution < 1.29 is 4.79 Å². The number of rotatable bonds is 3. The lowest BCUT2D eigenvalue weighted by molar-refractivity contribution is 0.0939. The Hall–Kier alpha value is -1.09. The monoisotopic (exact) mass is 212 g/mol. The first-order chi connectivity index (χ1) is 6.65. The van der Waals surface area contributed by atoms with Gasteiger partial charge in [0.25, 0.3) is 5.91 Å². The first kappa shape index (κ1) is 11.0. The molecule has 1 rings (SSSR count). The molecule has 1 N–H and O–H groups in total. The van der Waals surface area contributed by atoms with Crippen LogP contribution in [0.5, 0.6) is 0 Å². The second kappa shape index (κ2) is 4.96. The number of hydrogen-bond acceptors (Lipinski definition) is 2. The highest BCUT2D eigenvalue weighted by Crippen LogP contribution is 2.11. The molecule has 0 fully saturated rings. The highest BCUT2D eigenvalue weighted by atomic mass is 35.5. The minimum absolute atomic E-state index is 0.152. The minimum atomic E-state index is -0.169. The highest BCUT2D eigenvalue weighted by molar-refractivity contribution is 6.32. The van der Waals surface area contributed by atoms with E-state index in [9.17, 15) is 4.79 Å². The summed E-state index contributed by atoms with van der Waals surface area (Å²) in [7, 11) is 0. The fourth-order valence-corrected chi connectivity index (χ4v) is 1.16. The van der Waals surface area contributed by atoms with Crippen LogP contribution in [0, 0.1) is 0 Å². The fourth-order valence-electron chi connectivity index (χ4n) is 0.959. The van der Waals surface area contributed by atoms with Crippen LogP contribution in [0.15, 0.2) is 18.3 Å². The van der Waals surface area contributed by atoms with Crippen molar-refractivity contribution in [3.8, 4) is 0 Å². The highest BCUT2D eigenvalue weighted by Gasteiger charge is 2.11. The van der Waals surface area contributed by atoms with Crippen LogP contribution in [0.25, 0.3) is 0 Å². The van der Waals surface area contributed by atoms with Crippen molar-refractivity contribution in [2.24, 2.45) is 0 Å². The number of nitrogens with zero attached hydrogens (tertiary/aromatic N) is 1. The molecule has 3 nitrogen and oxygen atoms in total. The molecule has 0 aromatic carbocycles. The molecule has 4 heteroatoms. The van der Waals surface area contributed by atoms with E-state index in [0.717, 1.165) is 6.42 Å². The normalized spacial score (nSPS) is 12.2. The van der Waals surface area contributed by atoms with E-state index >= 15 is 0 Å². The summed E-state index contributed by atoms with van der Waals surface area (Å²) < 4.78 is 0. The first-order valence-corrected chi connectivity index (χ1v) is 4.94. The summed E-state index contributed by atoms with van der Waals surface area (Å²) >= 11 is 5.77.